The standard InChI is InChI=1S/C9H19FO/c1-2-3-6-9(10)7-4-5-8-11/h9,11H,2-8H2,1H3/t9-/m0/s1. The van der Waals surface area contributed by atoms with Crippen molar-refractivity contribution in [3.63, 3.8) is 0 Å². The van der Waals surface area contributed by atoms with Crippen LogP contribution in [0.4, 0.5) is 4.39 Å². The first kappa shape index (κ1) is 10.9. The molecule has 0 saturated heterocycles. The summed E-state index contributed by atoms with van der Waals surface area (Å²) in [4.78, 5) is 0. The van der Waals surface area contributed by atoms with E-state index >= 15 is 0 Å². The third kappa shape index (κ3) is 7.79. The van der Waals surface area contributed by atoms with Crippen molar-refractivity contribution < 1.29 is 9.50 Å². The highest BCUT2D eigenvalue weighted by atomic mass is 19.1. The first-order valence-electron chi connectivity index (χ1n) is 4.56. The molecule has 0 bridgehead atoms. The summed E-state index contributed by atoms with van der Waals surface area (Å²) >= 11 is 0. The average molecular weight is 162 g/mol. The summed E-state index contributed by atoms with van der Waals surface area (Å²) in [5.74, 6) is 0. The van der Waals surface area contributed by atoms with Gasteiger partial charge in [-0.2, -0.15) is 0 Å². The highest BCUT2D eigenvalue weighted by Gasteiger charge is 2.03. The van der Waals surface area contributed by atoms with Crippen LogP contribution in [0.25, 0.3) is 0 Å². The van der Waals surface area contributed by atoms with Crippen molar-refractivity contribution in [2.45, 2.75) is 51.6 Å². The number of hydrogen-bond acceptors (Lipinski definition) is 1. The molecule has 0 aliphatic rings. The van der Waals surface area contributed by atoms with E-state index in [0.29, 0.717) is 12.8 Å². The highest BCUT2D eigenvalue weighted by molar-refractivity contribution is 4.55. The summed E-state index contributed by atoms with van der Waals surface area (Å²) in [7, 11) is 0. The van der Waals surface area contributed by atoms with Crippen molar-refractivity contribution >= 4 is 0 Å². The molecule has 11 heavy (non-hydrogen) atoms. The molecule has 0 rings (SSSR count). The molecule has 0 aliphatic carbocycles. The Kier molecular flexibility index (Phi) is 7.91. The molecule has 0 aromatic rings. The quantitative estimate of drug-likeness (QED) is 0.571. The zero-order chi connectivity index (χ0) is 8.53. The lowest BCUT2D eigenvalue weighted by atomic mass is 10.1. The molecule has 0 saturated carbocycles. The van der Waals surface area contributed by atoms with Gasteiger partial charge in [-0.15, -0.1) is 0 Å². The van der Waals surface area contributed by atoms with Crippen LogP contribution in [0.15, 0.2) is 0 Å². The maximum atomic E-state index is 12.8. The van der Waals surface area contributed by atoms with Crippen LogP contribution >= 0.6 is 0 Å². The number of hydrogen-bond donors (Lipinski definition) is 1. The van der Waals surface area contributed by atoms with Gasteiger partial charge in [0.1, 0.15) is 6.17 Å². The molecule has 0 unspecified atom stereocenters. The van der Waals surface area contributed by atoms with Crippen LogP contribution in [0.3, 0.4) is 0 Å². The van der Waals surface area contributed by atoms with Gasteiger partial charge in [0.05, 0.1) is 0 Å². The van der Waals surface area contributed by atoms with Crippen LogP contribution < -0.4 is 0 Å². The van der Waals surface area contributed by atoms with Crippen LogP contribution in [-0.4, -0.2) is 17.9 Å². The lowest BCUT2D eigenvalue weighted by Crippen LogP contribution is -2.00. The van der Waals surface area contributed by atoms with Crippen LogP contribution in [0.5, 0.6) is 0 Å². The maximum Gasteiger partial charge on any atom is 0.100 e. The first-order chi connectivity index (χ1) is 5.31. The molecule has 0 amide bonds. The van der Waals surface area contributed by atoms with Crippen LogP contribution in [0, 0.1) is 0 Å². The van der Waals surface area contributed by atoms with Crippen LogP contribution in [-0.2, 0) is 0 Å². The number of unbranched alkanes of at least 4 members (excludes halogenated alkanes) is 2. The summed E-state index contributed by atoms with van der Waals surface area (Å²) in [5.41, 5.74) is 0. The predicted octanol–water partition coefficient (Wildman–Crippen LogP) is 2.68. The molecule has 0 aromatic carbocycles. The second-order valence-corrected chi connectivity index (χ2v) is 2.96. The van der Waals surface area contributed by atoms with Crippen molar-refractivity contribution in [3.8, 4) is 0 Å². The molecule has 0 radical (unpaired) electrons. The zero-order valence-electron chi connectivity index (χ0n) is 7.35. The first-order valence-corrected chi connectivity index (χ1v) is 4.56. The van der Waals surface area contributed by atoms with E-state index in [2.05, 4.69) is 6.92 Å². The Morgan fingerprint density at radius 1 is 1.18 bits per heavy atom. The molecular formula is C9H19FO. The summed E-state index contributed by atoms with van der Waals surface area (Å²) in [5, 5.41) is 8.43. The summed E-state index contributed by atoms with van der Waals surface area (Å²) in [6.07, 6.45) is 4.30. The monoisotopic (exact) mass is 162 g/mol. The Hall–Kier alpha value is -0.110. The van der Waals surface area contributed by atoms with Gasteiger partial charge in [0, 0.05) is 6.61 Å². The Morgan fingerprint density at radius 3 is 2.36 bits per heavy atom. The van der Waals surface area contributed by atoms with Crippen molar-refractivity contribution in [2.24, 2.45) is 0 Å². The Morgan fingerprint density at radius 2 is 1.82 bits per heavy atom. The molecule has 1 nitrogen and oxygen atoms in total. The van der Waals surface area contributed by atoms with Crippen LogP contribution in [0.1, 0.15) is 45.4 Å². The predicted molar refractivity (Wildman–Crippen MR) is 45.4 cm³/mol. The molecule has 0 fully saturated rings. The SMILES string of the molecule is CCCC[C@H](F)CCCCO. The van der Waals surface area contributed by atoms with Gasteiger partial charge in [-0.05, 0) is 25.7 Å². The van der Waals surface area contributed by atoms with Gasteiger partial charge in [-0.1, -0.05) is 19.8 Å². The normalized spacial score (nSPS) is 13.4. The van der Waals surface area contributed by atoms with Gasteiger partial charge in [0.2, 0.25) is 0 Å². The molecule has 68 valence electrons. The molecule has 1 atom stereocenters. The number of aliphatic hydroxyl groups excluding tert-OH is 1. The van der Waals surface area contributed by atoms with E-state index in [1.54, 1.807) is 0 Å². The second kappa shape index (κ2) is 7.99. The second-order valence-electron chi connectivity index (χ2n) is 2.96. The highest BCUT2D eigenvalue weighted by Crippen LogP contribution is 2.11. The van der Waals surface area contributed by atoms with E-state index in [1.807, 2.05) is 0 Å². The summed E-state index contributed by atoms with van der Waals surface area (Å²) in [6.45, 7) is 2.26. The van der Waals surface area contributed by atoms with E-state index in [4.69, 9.17) is 5.11 Å². The number of alkyl halides is 1. The Labute approximate surface area is 68.6 Å². The minimum atomic E-state index is -0.638. The third-order valence-corrected chi connectivity index (χ3v) is 1.80. The lowest BCUT2D eigenvalue weighted by Gasteiger charge is -2.05. The molecule has 2 heteroatoms. The van der Waals surface area contributed by atoms with Gasteiger partial charge in [-0.25, -0.2) is 4.39 Å². The maximum absolute atomic E-state index is 12.8. The topological polar surface area (TPSA) is 20.2 Å². The van der Waals surface area contributed by atoms with Crippen molar-refractivity contribution in [3.05, 3.63) is 0 Å². The molecule has 0 spiro atoms. The fourth-order valence-corrected chi connectivity index (χ4v) is 1.05. The van der Waals surface area contributed by atoms with E-state index in [9.17, 15) is 4.39 Å². The van der Waals surface area contributed by atoms with Gasteiger partial charge >= 0.3 is 0 Å². The van der Waals surface area contributed by atoms with Crippen molar-refractivity contribution in [1.29, 1.82) is 0 Å². The number of aliphatic hydroxyl groups is 1. The fraction of sp³-hybridized carbons (Fsp3) is 1.00. The molecular weight excluding hydrogens is 143 g/mol. The van der Waals surface area contributed by atoms with Gasteiger partial charge < -0.3 is 5.11 Å². The van der Waals surface area contributed by atoms with Gasteiger partial charge in [0.15, 0.2) is 0 Å². The van der Waals surface area contributed by atoms with Gasteiger partial charge in [0.25, 0.3) is 0 Å². The van der Waals surface area contributed by atoms with E-state index in [1.165, 1.54) is 0 Å². The fourth-order valence-electron chi connectivity index (χ4n) is 1.05. The third-order valence-electron chi connectivity index (χ3n) is 1.80. The Balaban J connectivity index is 3.02. The summed E-state index contributed by atoms with van der Waals surface area (Å²) in [6, 6.07) is 0. The van der Waals surface area contributed by atoms with E-state index < -0.39 is 6.17 Å². The van der Waals surface area contributed by atoms with E-state index in [-0.39, 0.29) is 6.61 Å². The van der Waals surface area contributed by atoms with E-state index in [0.717, 1.165) is 25.7 Å². The zero-order valence-corrected chi connectivity index (χ0v) is 7.35. The molecule has 0 aromatic heterocycles. The Bertz CT molecular complexity index is 76.0. The average Bonchev–Trinajstić information content (AvgIpc) is 2.01. The molecule has 0 heterocycles. The minimum Gasteiger partial charge on any atom is -0.396 e. The molecule has 1 N–H and O–H groups in total. The lowest BCUT2D eigenvalue weighted by molar-refractivity contribution is 0.252. The molecule has 0 aliphatic heterocycles. The smallest absolute Gasteiger partial charge is 0.100 e. The van der Waals surface area contributed by atoms with Gasteiger partial charge in [-0.3, -0.25) is 0 Å². The van der Waals surface area contributed by atoms with Crippen molar-refractivity contribution in [1.82, 2.24) is 0 Å². The largest absolute Gasteiger partial charge is 0.396 e. The minimum absolute atomic E-state index is 0.195. The van der Waals surface area contributed by atoms with Crippen molar-refractivity contribution in [2.75, 3.05) is 6.61 Å². The van der Waals surface area contributed by atoms with Crippen LogP contribution in [0.2, 0.25) is 0 Å². The number of rotatable bonds is 7. The summed E-state index contributed by atoms with van der Waals surface area (Å²) < 4.78 is 12.8. The number of halogens is 1.